The summed E-state index contributed by atoms with van der Waals surface area (Å²) in [7, 11) is 0. The standard InChI is InChI=1S/C36H53N7/c1-2-31-11-13-33(14-12-31)27-41-24-25-42-30-36(10-6-7-20-39-26-32-8-4-3-5-9-32)43-29-35-17-15-34(16-18-35)28-40-23-22-38-21-19-37/h3-5,8-9,11-18,27,29,36,38-40,42H,2,6-7,10,19-26,28,30,37H2,1H3/b41-27+,43-29+. The maximum atomic E-state index is 5.51. The molecule has 0 aromatic heterocycles. The molecule has 43 heavy (non-hydrogen) atoms. The number of nitrogens with one attached hydrogen (secondary N) is 4. The highest BCUT2D eigenvalue weighted by atomic mass is 14.9. The van der Waals surface area contributed by atoms with Crippen LogP contribution in [0.1, 0.15) is 54.0 Å². The van der Waals surface area contributed by atoms with Crippen LogP contribution >= 0.6 is 0 Å². The molecule has 7 heteroatoms. The predicted octanol–water partition coefficient (Wildman–Crippen LogP) is 4.34. The number of unbranched alkanes of at least 4 members (excludes halogenated alkanes) is 1. The van der Waals surface area contributed by atoms with E-state index in [2.05, 4.69) is 112 Å². The van der Waals surface area contributed by atoms with Crippen molar-refractivity contribution in [3.05, 3.63) is 107 Å². The third-order valence-electron chi connectivity index (χ3n) is 7.28. The first-order valence-electron chi connectivity index (χ1n) is 16.0. The van der Waals surface area contributed by atoms with Gasteiger partial charge in [-0.25, -0.2) is 0 Å². The zero-order valence-electron chi connectivity index (χ0n) is 26.1. The molecule has 3 rings (SSSR count). The van der Waals surface area contributed by atoms with Crippen LogP contribution in [0.15, 0.2) is 88.8 Å². The van der Waals surface area contributed by atoms with E-state index in [0.717, 1.165) is 95.7 Å². The van der Waals surface area contributed by atoms with Crippen LogP contribution in [0, 0.1) is 0 Å². The van der Waals surface area contributed by atoms with E-state index < -0.39 is 0 Å². The van der Waals surface area contributed by atoms with Crippen molar-refractivity contribution < 1.29 is 0 Å². The zero-order chi connectivity index (χ0) is 30.2. The monoisotopic (exact) mass is 583 g/mol. The number of nitrogens with two attached hydrogens (primary N) is 1. The molecule has 0 aliphatic rings. The van der Waals surface area contributed by atoms with Crippen molar-refractivity contribution in [3.8, 4) is 0 Å². The summed E-state index contributed by atoms with van der Waals surface area (Å²) in [6.07, 6.45) is 8.41. The van der Waals surface area contributed by atoms with E-state index in [1.54, 1.807) is 0 Å². The summed E-state index contributed by atoms with van der Waals surface area (Å²) in [5.74, 6) is 0. The summed E-state index contributed by atoms with van der Waals surface area (Å²) in [4.78, 5) is 9.60. The Morgan fingerprint density at radius 2 is 1.30 bits per heavy atom. The topological polar surface area (TPSA) is 98.9 Å². The molecular formula is C36H53N7. The minimum atomic E-state index is 0.238. The lowest BCUT2D eigenvalue weighted by Crippen LogP contribution is -2.30. The summed E-state index contributed by atoms with van der Waals surface area (Å²) in [5, 5.41) is 13.9. The van der Waals surface area contributed by atoms with Gasteiger partial charge in [0.25, 0.3) is 0 Å². The third kappa shape index (κ3) is 15.7. The Hall–Kier alpha value is -3.20. The molecule has 0 saturated carbocycles. The summed E-state index contributed by atoms with van der Waals surface area (Å²) in [6.45, 7) is 10.8. The second-order valence-corrected chi connectivity index (χ2v) is 10.9. The van der Waals surface area contributed by atoms with Crippen molar-refractivity contribution in [2.45, 2.75) is 51.7 Å². The number of rotatable bonds is 23. The van der Waals surface area contributed by atoms with Crippen LogP contribution < -0.4 is 27.0 Å². The largest absolute Gasteiger partial charge is 0.329 e. The fraction of sp³-hybridized carbons (Fsp3) is 0.444. The first-order valence-corrected chi connectivity index (χ1v) is 16.0. The minimum absolute atomic E-state index is 0.238. The molecule has 1 unspecified atom stereocenters. The molecule has 0 spiro atoms. The molecule has 0 bridgehead atoms. The summed E-state index contributed by atoms with van der Waals surface area (Å²) in [6, 6.07) is 28.1. The Balaban J connectivity index is 1.41. The number of hydrogen-bond donors (Lipinski definition) is 5. The van der Waals surface area contributed by atoms with Crippen molar-refractivity contribution in [2.75, 3.05) is 52.4 Å². The summed E-state index contributed by atoms with van der Waals surface area (Å²) >= 11 is 0. The quantitative estimate of drug-likeness (QED) is 0.0845. The van der Waals surface area contributed by atoms with E-state index in [0.29, 0.717) is 6.54 Å². The third-order valence-corrected chi connectivity index (χ3v) is 7.28. The van der Waals surface area contributed by atoms with Crippen LogP contribution in [-0.4, -0.2) is 70.8 Å². The smallest absolute Gasteiger partial charge is 0.0624 e. The second kappa shape index (κ2) is 22.4. The molecule has 6 N–H and O–H groups in total. The van der Waals surface area contributed by atoms with Crippen LogP contribution in [0.3, 0.4) is 0 Å². The van der Waals surface area contributed by atoms with Gasteiger partial charge in [-0.3, -0.25) is 9.98 Å². The van der Waals surface area contributed by atoms with Gasteiger partial charge in [-0.2, -0.15) is 0 Å². The van der Waals surface area contributed by atoms with E-state index in [9.17, 15) is 0 Å². The van der Waals surface area contributed by atoms with Crippen molar-refractivity contribution >= 4 is 12.4 Å². The van der Waals surface area contributed by atoms with Gasteiger partial charge in [-0.15, -0.1) is 0 Å². The average molecular weight is 584 g/mol. The molecule has 0 radical (unpaired) electrons. The van der Waals surface area contributed by atoms with Gasteiger partial charge in [0.1, 0.15) is 0 Å². The molecule has 7 nitrogen and oxygen atoms in total. The van der Waals surface area contributed by atoms with Gasteiger partial charge in [0, 0.05) is 64.8 Å². The highest BCUT2D eigenvalue weighted by molar-refractivity contribution is 5.80. The van der Waals surface area contributed by atoms with E-state index in [1.165, 1.54) is 16.7 Å². The maximum Gasteiger partial charge on any atom is 0.0624 e. The van der Waals surface area contributed by atoms with Gasteiger partial charge in [-0.1, -0.05) is 92.2 Å². The van der Waals surface area contributed by atoms with Gasteiger partial charge < -0.3 is 27.0 Å². The maximum absolute atomic E-state index is 5.51. The van der Waals surface area contributed by atoms with Gasteiger partial charge in [0.2, 0.25) is 0 Å². The van der Waals surface area contributed by atoms with Crippen LogP contribution in [0.5, 0.6) is 0 Å². The Morgan fingerprint density at radius 1 is 0.651 bits per heavy atom. The molecule has 0 amide bonds. The molecule has 0 fully saturated rings. The Morgan fingerprint density at radius 3 is 2.02 bits per heavy atom. The van der Waals surface area contributed by atoms with Gasteiger partial charge in [-0.05, 0) is 53.6 Å². The Bertz CT molecular complexity index is 1140. The van der Waals surface area contributed by atoms with Gasteiger partial charge >= 0.3 is 0 Å². The molecule has 0 saturated heterocycles. The van der Waals surface area contributed by atoms with Crippen molar-refractivity contribution in [3.63, 3.8) is 0 Å². The molecule has 3 aromatic rings. The van der Waals surface area contributed by atoms with E-state index in [-0.39, 0.29) is 6.04 Å². The molecule has 1 atom stereocenters. The van der Waals surface area contributed by atoms with Gasteiger partial charge in [0.05, 0.1) is 12.6 Å². The van der Waals surface area contributed by atoms with Crippen molar-refractivity contribution in [1.82, 2.24) is 21.3 Å². The normalized spacial score (nSPS) is 12.4. The molecule has 0 heterocycles. The summed E-state index contributed by atoms with van der Waals surface area (Å²) < 4.78 is 0. The molecule has 3 aromatic carbocycles. The lowest BCUT2D eigenvalue weighted by molar-refractivity contribution is 0.513. The lowest BCUT2D eigenvalue weighted by Gasteiger charge is -2.14. The molecular weight excluding hydrogens is 530 g/mol. The van der Waals surface area contributed by atoms with Gasteiger partial charge in [0.15, 0.2) is 0 Å². The van der Waals surface area contributed by atoms with Crippen molar-refractivity contribution in [2.24, 2.45) is 15.7 Å². The van der Waals surface area contributed by atoms with Crippen LogP contribution in [0.2, 0.25) is 0 Å². The van der Waals surface area contributed by atoms with Crippen LogP contribution in [-0.2, 0) is 19.5 Å². The Kier molecular flexibility index (Phi) is 17.8. The Labute approximate surface area is 259 Å². The SMILES string of the molecule is CCc1ccc(/C=N/CCNCC(CCCCNCc2ccccc2)/N=C/c2ccc(CNCCNCCN)cc2)cc1. The fourth-order valence-electron chi connectivity index (χ4n) is 4.66. The lowest BCUT2D eigenvalue weighted by atomic mass is 10.1. The van der Waals surface area contributed by atoms with E-state index in [1.807, 2.05) is 12.4 Å². The van der Waals surface area contributed by atoms with Crippen molar-refractivity contribution in [1.29, 1.82) is 0 Å². The second-order valence-electron chi connectivity index (χ2n) is 10.9. The number of aryl methyl sites for hydroxylation is 1. The highest BCUT2D eigenvalue weighted by Gasteiger charge is 2.06. The highest BCUT2D eigenvalue weighted by Crippen LogP contribution is 2.08. The number of benzene rings is 3. The van der Waals surface area contributed by atoms with Crippen LogP contribution in [0.4, 0.5) is 0 Å². The minimum Gasteiger partial charge on any atom is -0.329 e. The summed E-state index contributed by atoms with van der Waals surface area (Å²) in [5.41, 5.74) is 11.8. The first kappa shape index (κ1) is 34.3. The number of hydrogen-bond acceptors (Lipinski definition) is 7. The average Bonchev–Trinajstić information content (AvgIpc) is 3.05. The fourth-order valence-corrected chi connectivity index (χ4v) is 4.66. The van der Waals surface area contributed by atoms with Crippen LogP contribution in [0.25, 0.3) is 0 Å². The molecule has 0 aliphatic heterocycles. The number of aliphatic imine (C=N–C) groups is 2. The first-order chi connectivity index (χ1) is 21.3. The number of nitrogens with zero attached hydrogens (tertiary/aromatic N) is 2. The predicted molar refractivity (Wildman–Crippen MR) is 185 cm³/mol. The van der Waals surface area contributed by atoms with E-state index >= 15 is 0 Å². The molecule has 0 aliphatic carbocycles. The van der Waals surface area contributed by atoms with E-state index in [4.69, 9.17) is 10.7 Å². The molecule has 232 valence electrons. The zero-order valence-corrected chi connectivity index (χ0v) is 26.1.